The summed E-state index contributed by atoms with van der Waals surface area (Å²) in [6.45, 7) is 2.11. The summed E-state index contributed by atoms with van der Waals surface area (Å²) >= 11 is 1.19. The molecule has 1 aliphatic rings. The van der Waals surface area contributed by atoms with Crippen LogP contribution in [0.2, 0.25) is 0 Å². The summed E-state index contributed by atoms with van der Waals surface area (Å²) in [5, 5.41) is 19.8. The molecule has 1 amide bonds. The summed E-state index contributed by atoms with van der Waals surface area (Å²) in [6, 6.07) is 18.9. The van der Waals surface area contributed by atoms with E-state index in [1.807, 2.05) is 30.3 Å². The fourth-order valence-electron chi connectivity index (χ4n) is 3.79. The number of aliphatic hydroxyl groups is 1. The maximum absolute atomic E-state index is 13.3. The van der Waals surface area contributed by atoms with Crippen molar-refractivity contribution in [1.29, 1.82) is 0 Å². The molecule has 5 rings (SSSR count). The molecule has 1 atom stereocenters. The molecule has 34 heavy (non-hydrogen) atoms. The Balaban J connectivity index is 1.55. The summed E-state index contributed by atoms with van der Waals surface area (Å²) in [4.78, 5) is 27.7. The molecule has 1 N–H and O–H groups in total. The number of aryl methyl sites for hydroxylation is 1. The first-order chi connectivity index (χ1) is 16.5. The van der Waals surface area contributed by atoms with E-state index in [2.05, 4.69) is 10.2 Å². The van der Waals surface area contributed by atoms with Gasteiger partial charge in [-0.05, 0) is 42.3 Å². The van der Waals surface area contributed by atoms with Gasteiger partial charge >= 0.3 is 0 Å². The summed E-state index contributed by atoms with van der Waals surface area (Å²) in [5.74, 6) is -1.38. The van der Waals surface area contributed by atoms with Crippen LogP contribution in [0.3, 0.4) is 0 Å². The molecule has 4 aromatic rings. The fraction of sp³-hybridized carbons (Fsp3) is 0.120. The highest BCUT2D eigenvalue weighted by atomic mass is 32.1. The van der Waals surface area contributed by atoms with Crippen LogP contribution < -0.4 is 9.64 Å². The molecule has 0 radical (unpaired) electrons. The molecule has 2 aromatic carbocycles. The number of aromatic nitrogens is 2. The lowest BCUT2D eigenvalue weighted by Gasteiger charge is -2.24. The maximum atomic E-state index is 13.3. The topological polar surface area (TPSA) is 106 Å². The number of carbonyl (C=O) groups excluding carboxylic acids is 2. The number of amides is 1. The van der Waals surface area contributed by atoms with Crippen LogP contribution in [0, 0.1) is 6.92 Å². The van der Waals surface area contributed by atoms with Crippen molar-refractivity contribution < 1.29 is 23.8 Å². The predicted molar refractivity (Wildman–Crippen MR) is 125 cm³/mol. The molecule has 3 heterocycles. The molecule has 0 fully saturated rings. The Morgan fingerprint density at radius 3 is 2.65 bits per heavy atom. The second-order valence-corrected chi connectivity index (χ2v) is 8.76. The van der Waals surface area contributed by atoms with Crippen LogP contribution in [-0.4, -0.2) is 27.0 Å². The van der Waals surface area contributed by atoms with Crippen LogP contribution in [0.4, 0.5) is 5.13 Å². The molecule has 170 valence electrons. The van der Waals surface area contributed by atoms with Crippen molar-refractivity contribution in [3.63, 3.8) is 0 Å². The van der Waals surface area contributed by atoms with Crippen molar-refractivity contribution >= 4 is 28.2 Å². The lowest BCUT2D eigenvalue weighted by molar-refractivity contribution is -0.117. The predicted octanol–water partition coefficient (Wildman–Crippen LogP) is 4.80. The van der Waals surface area contributed by atoms with Gasteiger partial charge in [-0.25, -0.2) is 0 Å². The van der Waals surface area contributed by atoms with Gasteiger partial charge in [0.25, 0.3) is 5.91 Å². The third-order valence-electron chi connectivity index (χ3n) is 5.34. The van der Waals surface area contributed by atoms with E-state index in [1.165, 1.54) is 28.6 Å². The van der Waals surface area contributed by atoms with Crippen molar-refractivity contribution in [2.45, 2.75) is 19.6 Å². The molecule has 9 heteroatoms. The Bertz CT molecular complexity index is 1380. The number of benzene rings is 2. The van der Waals surface area contributed by atoms with Gasteiger partial charge in [-0.2, -0.15) is 0 Å². The highest BCUT2D eigenvalue weighted by molar-refractivity contribution is 7.15. The van der Waals surface area contributed by atoms with Crippen molar-refractivity contribution in [2.24, 2.45) is 0 Å². The monoisotopic (exact) mass is 473 g/mol. The summed E-state index contributed by atoms with van der Waals surface area (Å²) in [5.41, 5.74) is 1.49. The van der Waals surface area contributed by atoms with Crippen molar-refractivity contribution in [3.05, 3.63) is 106 Å². The van der Waals surface area contributed by atoms with E-state index >= 15 is 0 Å². The standard InChI is InChI=1S/C25H19N3O5S/c1-15-26-27-25(34-15)28-21(20(23(30)24(28)31)22(29)19-11-6-12-32-19)17-9-5-10-18(13-17)33-14-16-7-3-2-4-8-16/h2-13,21,30H,14H2,1H3/t21-/m0/s1. The average Bonchev–Trinajstić information content (AvgIpc) is 3.59. The number of hydrogen-bond acceptors (Lipinski definition) is 8. The lowest BCUT2D eigenvalue weighted by Crippen LogP contribution is -2.31. The van der Waals surface area contributed by atoms with Gasteiger partial charge in [-0.3, -0.25) is 14.5 Å². The zero-order valence-corrected chi connectivity index (χ0v) is 18.9. The number of nitrogens with zero attached hydrogens (tertiary/aromatic N) is 3. The number of hydrogen-bond donors (Lipinski definition) is 1. The maximum Gasteiger partial charge on any atom is 0.296 e. The number of carbonyl (C=O) groups is 2. The van der Waals surface area contributed by atoms with Crippen LogP contribution in [-0.2, 0) is 11.4 Å². The first-order valence-electron chi connectivity index (χ1n) is 10.4. The van der Waals surface area contributed by atoms with Crippen LogP contribution >= 0.6 is 11.3 Å². The lowest BCUT2D eigenvalue weighted by atomic mass is 9.95. The van der Waals surface area contributed by atoms with Gasteiger partial charge in [0.2, 0.25) is 10.9 Å². The van der Waals surface area contributed by atoms with Crippen molar-refractivity contribution in [1.82, 2.24) is 10.2 Å². The Kier molecular flexibility index (Phi) is 5.69. The number of furan rings is 1. The summed E-state index contributed by atoms with van der Waals surface area (Å²) in [7, 11) is 0. The Morgan fingerprint density at radius 2 is 1.94 bits per heavy atom. The van der Waals surface area contributed by atoms with E-state index < -0.39 is 23.5 Å². The number of ketones is 1. The van der Waals surface area contributed by atoms with Gasteiger partial charge < -0.3 is 14.3 Å². The van der Waals surface area contributed by atoms with Crippen LogP contribution in [0.25, 0.3) is 0 Å². The molecule has 0 saturated heterocycles. The van der Waals surface area contributed by atoms with Crippen LogP contribution in [0.1, 0.15) is 32.7 Å². The molecule has 0 bridgehead atoms. The van der Waals surface area contributed by atoms with Crippen LogP contribution in [0.15, 0.2) is 88.7 Å². The third kappa shape index (κ3) is 3.97. The second-order valence-electron chi connectivity index (χ2n) is 7.60. The van der Waals surface area contributed by atoms with Gasteiger partial charge in [0.15, 0.2) is 11.5 Å². The van der Waals surface area contributed by atoms with Gasteiger partial charge in [-0.15, -0.1) is 10.2 Å². The van der Waals surface area contributed by atoms with Gasteiger partial charge in [0.05, 0.1) is 17.9 Å². The highest BCUT2D eigenvalue weighted by Crippen LogP contribution is 2.43. The van der Waals surface area contributed by atoms with Gasteiger partial charge in [0, 0.05) is 0 Å². The minimum absolute atomic E-state index is 0.0196. The average molecular weight is 474 g/mol. The van der Waals surface area contributed by atoms with E-state index in [1.54, 1.807) is 37.3 Å². The van der Waals surface area contributed by atoms with Crippen molar-refractivity contribution in [2.75, 3.05) is 4.90 Å². The van der Waals surface area contributed by atoms with E-state index in [0.717, 1.165) is 5.56 Å². The Hall–Kier alpha value is -4.24. The smallest absolute Gasteiger partial charge is 0.296 e. The number of rotatable bonds is 7. The quantitative estimate of drug-likeness (QED) is 0.384. The fourth-order valence-corrected chi connectivity index (χ4v) is 4.50. The number of ether oxygens (including phenoxy) is 1. The number of anilines is 1. The third-order valence-corrected chi connectivity index (χ3v) is 6.18. The molecule has 0 spiro atoms. The number of aliphatic hydroxyl groups excluding tert-OH is 1. The first-order valence-corrected chi connectivity index (χ1v) is 11.3. The molecular formula is C25H19N3O5S. The van der Waals surface area contributed by atoms with E-state index in [9.17, 15) is 14.7 Å². The minimum Gasteiger partial charge on any atom is -0.503 e. The van der Waals surface area contributed by atoms with E-state index in [-0.39, 0.29) is 16.5 Å². The summed E-state index contributed by atoms with van der Waals surface area (Å²) < 4.78 is 11.2. The van der Waals surface area contributed by atoms with Gasteiger partial charge in [0.1, 0.15) is 17.4 Å². The molecule has 0 unspecified atom stereocenters. The SMILES string of the molecule is Cc1nnc(N2C(=O)C(O)=C(C(=O)c3ccco3)[C@@H]2c2cccc(OCc3ccccc3)c2)s1. The largest absolute Gasteiger partial charge is 0.503 e. The Labute approximate surface area is 198 Å². The normalized spacial score (nSPS) is 15.7. The Morgan fingerprint density at radius 1 is 1.12 bits per heavy atom. The van der Waals surface area contributed by atoms with Crippen molar-refractivity contribution in [3.8, 4) is 5.75 Å². The van der Waals surface area contributed by atoms with E-state index in [0.29, 0.717) is 22.9 Å². The number of Topliss-reactive ketones (excluding diaryl/α,β-unsaturated/α-hetero) is 1. The minimum atomic E-state index is -0.933. The molecule has 8 nitrogen and oxygen atoms in total. The second kappa shape index (κ2) is 8.95. The van der Waals surface area contributed by atoms with E-state index in [4.69, 9.17) is 9.15 Å². The zero-order valence-electron chi connectivity index (χ0n) is 18.0. The summed E-state index contributed by atoms with van der Waals surface area (Å²) in [6.07, 6.45) is 1.36. The molecular weight excluding hydrogens is 454 g/mol. The molecule has 2 aromatic heterocycles. The highest BCUT2D eigenvalue weighted by Gasteiger charge is 2.46. The molecule has 0 saturated carbocycles. The first kappa shape index (κ1) is 21.6. The molecule has 1 aliphatic heterocycles. The van der Waals surface area contributed by atoms with Crippen LogP contribution in [0.5, 0.6) is 5.75 Å². The zero-order chi connectivity index (χ0) is 23.7. The molecule has 0 aliphatic carbocycles. The van der Waals surface area contributed by atoms with Gasteiger partial charge in [-0.1, -0.05) is 53.8 Å².